The summed E-state index contributed by atoms with van der Waals surface area (Å²) in [6.45, 7) is 1.95. The predicted octanol–water partition coefficient (Wildman–Crippen LogP) is 2.20. The summed E-state index contributed by atoms with van der Waals surface area (Å²) in [5.74, 6) is 0.515. The van der Waals surface area contributed by atoms with Gasteiger partial charge in [-0.05, 0) is 18.0 Å². The fraction of sp³-hybridized carbons (Fsp3) is 0.714. The predicted molar refractivity (Wildman–Crippen MR) is 47.9 cm³/mol. The second-order valence-electron chi connectivity index (χ2n) is 2.08. The van der Waals surface area contributed by atoms with Crippen LogP contribution in [-0.2, 0) is 9.59 Å². The van der Waals surface area contributed by atoms with Crippen LogP contribution in [0.3, 0.4) is 0 Å². The Morgan fingerprint density at radius 2 is 2.00 bits per heavy atom. The first-order valence-electron chi connectivity index (χ1n) is 3.50. The van der Waals surface area contributed by atoms with Crippen LogP contribution < -0.4 is 0 Å². The van der Waals surface area contributed by atoms with Gasteiger partial charge in [0.05, 0.1) is 0 Å². The lowest BCUT2D eigenvalue weighted by Gasteiger charge is -1.94. The van der Waals surface area contributed by atoms with Crippen molar-refractivity contribution in [3.8, 4) is 0 Å². The molecule has 0 aromatic rings. The first-order valence-corrected chi connectivity index (χ1v) is 4.87. The topological polar surface area (TPSA) is 34.1 Å². The van der Waals surface area contributed by atoms with Crippen LogP contribution in [0, 0.1) is 0 Å². The van der Waals surface area contributed by atoms with Crippen LogP contribution in [0.1, 0.15) is 26.2 Å². The van der Waals surface area contributed by atoms with Crippen molar-refractivity contribution in [1.82, 2.24) is 0 Å². The minimum absolute atomic E-state index is 0.144. The molecule has 0 aliphatic heterocycles. The Kier molecular flexibility index (Phi) is 6.66. The van der Waals surface area contributed by atoms with Crippen molar-refractivity contribution in [2.75, 3.05) is 5.75 Å². The van der Waals surface area contributed by atoms with Crippen molar-refractivity contribution >= 4 is 33.7 Å². The molecule has 0 bridgehead atoms. The van der Waals surface area contributed by atoms with Crippen LogP contribution in [0.4, 0.5) is 0 Å². The molecule has 0 amide bonds. The third-order valence-electron chi connectivity index (χ3n) is 1.02. The van der Waals surface area contributed by atoms with Gasteiger partial charge in [0.2, 0.25) is 5.24 Å². The van der Waals surface area contributed by atoms with E-state index < -0.39 is 0 Å². The monoisotopic (exact) mass is 194 g/mol. The molecule has 0 heterocycles. The molecule has 2 nitrogen and oxygen atoms in total. The molecule has 0 fully saturated rings. The van der Waals surface area contributed by atoms with Gasteiger partial charge in [-0.25, -0.2) is 0 Å². The first kappa shape index (κ1) is 11.0. The van der Waals surface area contributed by atoms with Crippen LogP contribution in [0.5, 0.6) is 0 Å². The molecule has 4 heteroatoms. The second-order valence-corrected chi connectivity index (χ2v) is 3.65. The van der Waals surface area contributed by atoms with Gasteiger partial charge in [0.25, 0.3) is 0 Å². The molecular weight excluding hydrogens is 184 g/mol. The highest BCUT2D eigenvalue weighted by Gasteiger charge is 2.02. The summed E-state index contributed by atoms with van der Waals surface area (Å²) in [6.07, 6.45) is 1.73. The van der Waals surface area contributed by atoms with E-state index in [9.17, 15) is 9.59 Å². The standard InChI is InChI=1S/C7H11ClO2S/c1-2-3-7(10)11-5-4-6(8)9/h2-5H2,1H3. The SMILES string of the molecule is CCCC(=O)SCCC(=O)Cl. The molecule has 0 N–H and O–H groups in total. The quantitative estimate of drug-likeness (QED) is 0.630. The van der Waals surface area contributed by atoms with Crippen molar-refractivity contribution in [2.45, 2.75) is 26.2 Å². The average Bonchev–Trinajstić information content (AvgIpc) is 1.87. The number of carbonyl (C=O) groups is 2. The van der Waals surface area contributed by atoms with E-state index in [-0.39, 0.29) is 16.8 Å². The van der Waals surface area contributed by atoms with Crippen LogP contribution >= 0.6 is 23.4 Å². The Morgan fingerprint density at radius 1 is 1.36 bits per heavy atom. The molecule has 0 saturated heterocycles. The Hall–Kier alpha value is -0.0200. The molecule has 11 heavy (non-hydrogen) atoms. The summed E-state index contributed by atoms with van der Waals surface area (Å²) in [5, 5.41) is -0.229. The highest BCUT2D eigenvalue weighted by molar-refractivity contribution is 8.13. The summed E-state index contributed by atoms with van der Waals surface area (Å²) in [6, 6.07) is 0. The Balaban J connectivity index is 3.24. The summed E-state index contributed by atoms with van der Waals surface area (Å²) < 4.78 is 0. The molecule has 0 radical (unpaired) electrons. The molecule has 0 aromatic carbocycles. The van der Waals surface area contributed by atoms with E-state index >= 15 is 0 Å². The van der Waals surface area contributed by atoms with Gasteiger partial charge in [-0.1, -0.05) is 18.7 Å². The lowest BCUT2D eigenvalue weighted by Crippen LogP contribution is -1.95. The first-order chi connectivity index (χ1) is 5.16. The van der Waals surface area contributed by atoms with E-state index in [0.717, 1.165) is 6.42 Å². The van der Waals surface area contributed by atoms with Gasteiger partial charge in [0, 0.05) is 18.6 Å². The maximum absolute atomic E-state index is 10.8. The van der Waals surface area contributed by atoms with Crippen molar-refractivity contribution in [3.63, 3.8) is 0 Å². The van der Waals surface area contributed by atoms with Crippen LogP contribution in [0.25, 0.3) is 0 Å². The zero-order valence-electron chi connectivity index (χ0n) is 6.43. The summed E-state index contributed by atoms with van der Waals surface area (Å²) in [4.78, 5) is 21.1. The molecule has 0 aliphatic rings. The van der Waals surface area contributed by atoms with Gasteiger partial charge >= 0.3 is 0 Å². The second kappa shape index (κ2) is 6.68. The third-order valence-corrected chi connectivity index (χ3v) is 2.14. The number of rotatable bonds is 5. The highest BCUT2D eigenvalue weighted by atomic mass is 35.5. The molecular formula is C7H11ClO2S. The lowest BCUT2D eigenvalue weighted by molar-refractivity contribution is -0.111. The summed E-state index contributed by atoms with van der Waals surface area (Å²) in [5.41, 5.74) is 0. The number of hydrogen-bond donors (Lipinski definition) is 0. The van der Waals surface area contributed by atoms with Gasteiger partial charge in [-0.3, -0.25) is 9.59 Å². The number of carbonyl (C=O) groups excluding carboxylic acids is 2. The van der Waals surface area contributed by atoms with Crippen molar-refractivity contribution in [1.29, 1.82) is 0 Å². The van der Waals surface area contributed by atoms with E-state index in [2.05, 4.69) is 0 Å². The molecule has 0 unspecified atom stereocenters. The van der Waals surface area contributed by atoms with Crippen molar-refractivity contribution in [2.24, 2.45) is 0 Å². The van der Waals surface area contributed by atoms with Gasteiger partial charge in [0.1, 0.15) is 0 Å². The van der Waals surface area contributed by atoms with E-state index in [0.29, 0.717) is 12.2 Å². The summed E-state index contributed by atoms with van der Waals surface area (Å²) in [7, 11) is 0. The number of thioether (sulfide) groups is 1. The average molecular weight is 195 g/mol. The fourth-order valence-corrected chi connectivity index (χ4v) is 1.59. The van der Waals surface area contributed by atoms with Crippen molar-refractivity contribution in [3.05, 3.63) is 0 Å². The number of hydrogen-bond acceptors (Lipinski definition) is 3. The van der Waals surface area contributed by atoms with E-state index in [4.69, 9.17) is 11.6 Å². The van der Waals surface area contributed by atoms with E-state index in [1.165, 1.54) is 11.8 Å². The zero-order chi connectivity index (χ0) is 8.69. The Morgan fingerprint density at radius 3 is 2.45 bits per heavy atom. The van der Waals surface area contributed by atoms with Crippen LogP contribution in [0.15, 0.2) is 0 Å². The molecule has 0 saturated carbocycles. The van der Waals surface area contributed by atoms with Crippen molar-refractivity contribution < 1.29 is 9.59 Å². The van der Waals surface area contributed by atoms with Gasteiger partial charge in [-0.15, -0.1) is 0 Å². The molecule has 0 rings (SSSR count). The van der Waals surface area contributed by atoms with Crippen LogP contribution in [-0.4, -0.2) is 16.1 Å². The Bertz CT molecular complexity index is 147. The normalized spacial score (nSPS) is 9.64. The van der Waals surface area contributed by atoms with E-state index in [1.54, 1.807) is 0 Å². The molecule has 0 aliphatic carbocycles. The molecule has 64 valence electrons. The maximum atomic E-state index is 10.8. The lowest BCUT2D eigenvalue weighted by atomic mass is 10.4. The molecule has 0 atom stereocenters. The molecule has 0 aromatic heterocycles. The zero-order valence-corrected chi connectivity index (χ0v) is 8.00. The Labute approximate surface area is 75.7 Å². The smallest absolute Gasteiger partial charge is 0.222 e. The molecule has 0 spiro atoms. The highest BCUT2D eigenvalue weighted by Crippen LogP contribution is 2.09. The maximum Gasteiger partial charge on any atom is 0.222 e. The number of halogens is 1. The minimum Gasteiger partial charge on any atom is -0.287 e. The van der Waals surface area contributed by atoms with Gasteiger partial charge in [-0.2, -0.15) is 0 Å². The largest absolute Gasteiger partial charge is 0.287 e. The summed E-state index contributed by atoms with van der Waals surface area (Å²) >= 11 is 6.26. The third kappa shape index (κ3) is 7.88. The van der Waals surface area contributed by atoms with E-state index in [1.807, 2.05) is 6.92 Å². The van der Waals surface area contributed by atoms with Gasteiger partial charge < -0.3 is 0 Å². The van der Waals surface area contributed by atoms with Crippen LogP contribution in [0.2, 0.25) is 0 Å². The fourth-order valence-electron chi connectivity index (χ4n) is 0.521. The minimum atomic E-state index is -0.373. The van der Waals surface area contributed by atoms with Gasteiger partial charge in [0.15, 0.2) is 5.12 Å².